The molecule has 1 nitrogen and oxygen atoms in total. The molecule has 0 fully saturated rings. The molecule has 0 unspecified atom stereocenters. The largest absolute Gasteiger partial charge is 0.396 e. The third-order valence-electron chi connectivity index (χ3n) is 2.08. The Balaban J connectivity index is 2.97. The Morgan fingerprint density at radius 1 is 1.38 bits per heavy atom. The molecule has 0 amide bonds. The van der Waals surface area contributed by atoms with E-state index in [-0.39, 0.29) is 18.3 Å². The van der Waals surface area contributed by atoms with Gasteiger partial charge in [-0.05, 0) is 29.5 Å². The number of hydrogen-bond acceptors (Lipinski definition) is 1. The molecule has 0 bridgehead atoms. The first-order valence-electron chi connectivity index (χ1n) is 4.54. The van der Waals surface area contributed by atoms with Crippen LogP contribution in [0.25, 0.3) is 0 Å². The summed E-state index contributed by atoms with van der Waals surface area (Å²) in [6.45, 7) is 4.03. The highest BCUT2D eigenvalue weighted by atomic mass is 19.1. The lowest BCUT2D eigenvalue weighted by Crippen LogP contribution is -1.97. The van der Waals surface area contributed by atoms with E-state index in [9.17, 15) is 4.39 Å². The van der Waals surface area contributed by atoms with E-state index in [2.05, 4.69) is 0 Å². The van der Waals surface area contributed by atoms with Gasteiger partial charge in [0.15, 0.2) is 0 Å². The molecular weight excluding hydrogens is 167 g/mol. The number of aliphatic hydroxyl groups excluding tert-OH is 1. The number of halogens is 1. The van der Waals surface area contributed by atoms with Crippen molar-refractivity contribution in [2.45, 2.75) is 26.2 Å². The Morgan fingerprint density at radius 3 is 2.62 bits per heavy atom. The van der Waals surface area contributed by atoms with Crippen molar-refractivity contribution in [2.75, 3.05) is 6.61 Å². The minimum absolute atomic E-state index is 0.114. The van der Waals surface area contributed by atoms with Crippen molar-refractivity contribution in [3.8, 4) is 0 Å². The van der Waals surface area contributed by atoms with Crippen molar-refractivity contribution in [1.82, 2.24) is 0 Å². The molecule has 0 heterocycles. The summed E-state index contributed by atoms with van der Waals surface area (Å²) >= 11 is 0. The number of hydrogen-bond donors (Lipinski definition) is 1. The van der Waals surface area contributed by atoms with Gasteiger partial charge >= 0.3 is 0 Å². The molecule has 1 rings (SSSR count). The smallest absolute Gasteiger partial charge is 0.126 e. The Morgan fingerprint density at radius 2 is 2.08 bits per heavy atom. The van der Waals surface area contributed by atoms with Crippen LogP contribution in [0.15, 0.2) is 18.2 Å². The van der Waals surface area contributed by atoms with E-state index in [0.29, 0.717) is 6.42 Å². The van der Waals surface area contributed by atoms with Crippen LogP contribution in [0.5, 0.6) is 0 Å². The van der Waals surface area contributed by atoms with Crippen molar-refractivity contribution in [1.29, 1.82) is 0 Å². The second-order valence-electron chi connectivity index (χ2n) is 3.48. The van der Waals surface area contributed by atoms with Gasteiger partial charge in [0.25, 0.3) is 0 Å². The van der Waals surface area contributed by atoms with Crippen LogP contribution in [0.3, 0.4) is 0 Å². The normalized spacial score (nSPS) is 10.8. The van der Waals surface area contributed by atoms with E-state index >= 15 is 0 Å². The lowest BCUT2D eigenvalue weighted by Gasteiger charge is -2.08. The van der Waals surface area contributed by atoms with Gasteiger partial charge < -0.3 is 5.11 Å². The molecule has 0 spiro atoms. The summed E-state index contributed by atoms with van der Waals surface area (Å²) in [6, 6.07) is 5.02. The molecule has 0 aromatic heterocycles. The van der Waals surface area contributed by atoms with Gasteiger partial charge in [-0.1, -0.05) is 26.0 Å². The Kier molecular flexibility index (Phi) is 3.43. The number of benzene rings is 1. The minimum atomic E-state index is -0.156. The fourth-order valence-electron chi connectivity index (χ4n) is 1.32. The maximum absolute atomic E-state index is 13.2. The average molecular weight is 182 g/mol. The van der Waals surface area contributed by atoms with Crippen molar-refractivity contribution < 1.29 is 9.50 Å². The van der Waals surface area contributed by atoms with Crippen LogP contribution in [0.1, 0.15) is 30.9 Å². The first-order valence-corrected chi connectivity index (χ1v) is 4.54. The summed E-state index contributed by atoms with van der Waals surface area (Å²) in [5, 5.41) is 8.72. The van der Waals surface area contributed by atoms with Crippen LogP contribution >= 0.6 is 0 Å². The molecule has 0 atom stereocenters. The van der Waals surface area contributed by atoms with E-state index < -0.39 is 0 Å². The molecule has 0 radical (unpaired) electrons. The van der Waals surface area contributed by atoms with Gasteiger partial charge in [-0.15, -0.1) is 0 Å². The van der Waals surface area contributed by atoms with E-state index in [1.54, 1.807) is 6.07 Å². The summed E-state index contributed by atoms with van der Waals surface area (Å²) < 4.78 is 13.2. The van der Waals surface area contributed by atoms with Gasteiger partial charge in [-0.2, -0.15) is 0 Å². The van der Waals surface area contributed by atoms with Crippen LogP contribution in [0, 0.1) is 5.82 Å². The molecule has 72 valence electrons. The fourth-order valence-corrected chi connectivity index (χ4v) is 1.32. The topological polar surface area (TPSA) is 20.2 Å². The Labute approximate surface area is 78.2 Å². The zero-order valence-corrected chi connectivity index (χ0v) is 8.05. The van der Waals surface area contributed by atoms with E-state index in [0.717, 1.165) is 11.1 Å². The van der Waals surface area contributed by atoms with Crippen LogP contribution < -0.4 is 0 Å². The Bertz CT molecular complexity index is 281. The highest BCUT2D eigenvalue weighted by Crippen LogP contribution is 2.19. The van der Waals surface area contributed by atoms with Gasteiger partial charge in [-0.25, -0.2) is 4.39 Å². The predicted octanol–water partition coefficient (Wildman–Crippen LogP) is 2.48. The van der Waals surface area contributed by atoms with Crippen molar-refractivity contribution >= 4 is 0 Å². The molecule has 0 saturated heterocycles. The second-order valence-corrected chi connectivity index (χ2v) is 3.48. The third kappa shape index (κ3) is 2.52. The van der Waals surface area contributed by atoms with Crippen LogP contribution in [0.2, 0.25) is 0 Å². The Hall–Kier alpha value is -0.890. The lowest BCUT2D eigenvalue weighted by molar-refractivity contribution is 0.299. The van der Waals surface area contributed by atoms with Crippen molar-refractivity contribution in [3.63, 3.8) is 0 Å². The lowest BCUT2D eigenvalue weighted by atomic mass is 9.99. The molecule has 0 aliphatic heterocycles. The van der Waals surface area contributed by atoms with E-state index in [1.807, 2.05) is 19.9 Å². The molecule has 1 aromatic rings. The zero-order chi connectivity index (χ0) is 9.84. The molecule has 2 heteroatoms. The average Bonchev–Trinajstić information content (AvgIpc) is 2.08. The maximum Gasteiger partial charge on any atom is 0.126 e. The number of aliphatic hydroxyl groups is 1. The summed E-state index contributed by atoms with van der Waals surface area (Å²) in [5.41, 5.74) is 1.72. The monoisotopic (exact) mass is 182 g/mol. The molecule has 0 saturated carbocycles. The first kappa shape index (κ1) is 10.2. The van der Waals surface area contributed by atoms with Crippen LogP contribution in [0.4, 0.5) is 4.39 Å². The minimum Gasteiger partial charge on any atom is -0.396 e. The van der Waals surface area contributed by atoms with E-state index in [1.165, 1.54) is 6.07 Å². The van der Waals surface area contributed by atoms with E-state index in [4.69, 9.17) is 5.11 Å². The molecule has 13 heavy (non-hydrogen) atoms. The van der Waals surface area contributed by atoms with Crippen molar-refractivity contribution in [2.24, 2.45) is 0 Å². The summed E-state index contributed by atoms with van der Waals surface area (Å²) in [5.74, 6) is 0.0373. The maximum atomic E-state index is 13.2. The molecule has 0 aliphatic rings. The van der Waals surface area contributed by atoms with Crippen LogP contribution in [-0.2, 0) is 6.42 Å². The highest BCUT2D eigenvalue weighted by Gasteiger charge is 2.06. The van der Waals surface area contributed by atoms with Gasteiger partial charge in [-0.3, -0.25) is 0 Å². The molecule has 1 aromatic carbocycles. The summed E-state index contributed by atoms with van der Waals surface area (Å²) in [7, 11) is 0. The zero-order valence-electron chi connectivity index (χ0n) is 8.05. The second kappa shape index (κ2) is 4.38. The highest BCUT2D eigenvalue weighted by molar-refractivity contribution is 5.27. The fraction of sp³-hybridized carbons (Fsp3) is 0.455. The first-order chi connectivity index (χ1) is 6.15. The van der Waals surface area contributed by atoms with Crippen LogP contribution in [-0.4, -0.2) is 11.7 Å². The standard InChI is InChI=1S/C11H15FO/c1-8(2)10-7-9(5-6-13)3-4-11(10)12/h3-4,7-8,13H,5-6H2,1-2H3. The quantitative estimate of drug-likeness (QED) is 0.761. The summed E-state index contributed by atoms with van der Waals surface area (Å²) in [6.07, 6.45) is 0.597. The molecule has 1 N–H and O–H groups in total. The third-order valence-corrected chi connectivity index (χ3v) is 2.08. The SMILES string of the molecule is CC(C)c1cc(CCO)ccc1F. The van der Waals surface area contributed by atoms with Crippen molar-refractivity contribution in [3.05, 3.63) is 35.1 Å². The predicted molar refractivity (Wildman–Crippen MR) is 51.3 cm³/mol. The molecule has 0 aliphatic carbocycles. The summed E-state index contributed by atoms with van der Waals surface area (Å²) in [4.78, 5) is 0. The van der Waals surface area contributed by atoms with Gasteiger partial charge in [0.1, 0.15) is 5.82 Å². The molecular formula is C11H15FO. The van der Waals surface area contributed by atoms with Gasteiger partial charge in [0.05, 0.1) is 0 Å². The number of rotatable bonds is 3. The van der Waals surface area contributed by atoms with Gasteiger partial charge in [0, 0.05) is 6.61 Å². The van der Waals surface area contributed by atoms with Gasteiger partial charge in [0.2, 0.25) is 0 Å².